The van der Waals surface area contributed by atoms with Crippen molar-refractivity contribution in [2.45, 2.75) is 0 Å². The van der Waals surface area contributed by atoms with Crippen molar-refractivity contribution in [1.29, 1.82) is 5.53 Å². The molecule has 0 aliphatic heterocycles. The fourth-order valence-corrected chi connectivity index (χ4v) is 0.805. The molecule has 0 fully saturated rings. The average Bonchev–Trinajstić information content (AvgIpc) is 1.95. The molecule has 0 bridgehead atoms. The third kappa shape index (κ3) is 1.84. The first-order chi connectivity index (χ1) is 5.24. The van der Waals surface area contributed by atoms with Crippen molar-refractivity contribution in [3.05, 3.63) is 22.8 Å². The van der Waals surface area contributed by atoms with Crippen LogP contribution in [0.5, 0.6) is 0 Å². The molecule has 0 spiro atoms. The number of nitrogens with zero attached hydrogens (tertiary/aromatic N) is 4. The Bertz CT molecular complexity index is 328. The van der Waals surface area contributed by atoms with Gasteiger partial charge >= 0.3 is 0 Å². The van der Waals surface area contributed by atoms with Crippen molar-refractivity contribution >= 4 is 11.6 Å². The van der Waals surface area contributed by atoms with Gasteiger partial charge in [0.25, 0.3) is 0 Å². The van der Waals surface area contributed by atoms with Crippen LogP contribution in [0.4, 0.5) is 0 Å². The summed E-state index contributed by atoms with van der Waals surface area (Å²) in [4.78, 5) is 0. The molecule has 0 radical (unpaired) electrons. The molecule has 1 heterocycles. The maximum atomic E-state index is 6.47. The predicted octanol–water partition coefficient (Wildman–Crippen LogP) is 0.920. The first-order valence-electron chi connectivity index (χ1n) is 2.84. The molecule has 0 aliphatic rings. The normalized spacial score (nSPS) is 11.6. The summed E-state index contributed by atoms with van der Waals surface area (Å²) in [5.74, 6) is 0. The molecule has 0 unspecified atom stereocenters. The van der Waals surface area contributed by atoms with Gasteiger partial charge in [0, 0.05) is 7.05 Å². The fourth-order valence-electron chi connectivity index (χ4n) is 0.628. The molecule has 1 aromatic heterocycles. The molecule has 1 N–H and O–H groups in total. The Hall–Kier alpha value is -1.23. The third-order valence-electron chi connectivity index (χ3n) is 1.10. The highest BCUT2D eigenvalue weighted by atomic mass is 35.5. The number of aromatic nitrogens is 2. The van der Waals surface area contributed by atoms with Gasteiger partial charge in [0.1, 0.15) is 5.15 Å². The smallest absolute Gasteiger partial charge is 0.173 e. The van der Waals surface area contributed by atoms with Crippen molar-refractivity contribution in [3.63, 3.8) is 0 Å². The van der Waals surface area contributed by atoms with Crippen LogP contribution in [-0.2, 0) is 7.05 Å². The molecule has 6 heteroatoms. The Morgan fingerprint density at radius 2 is 2.36 bits per heavy atom. The van der Waals surface area contributed by atoms with Gasteiger partial charge in [-0.1, -0.05) is 16.8 Å². The van der Waals surface area contributed by atoms with E-state index >= 15 is 0 Å². The van der Waals surface area contributed by atoms with Crippen LogP contribution in [0.1, 0.15) is 0 Å². The Balaban J connectivity index is 3.30. The Morgan fingerprint density at radius 3 is 2.91 bits per heavy atom. The molecular formula is C5H6ClN5. The van der Waals surface area contributed by atoms with Gasteiger partial charge in [0.15, 0.2) is 5.49 Å². The second-order valence-electron chi connectivity index (χ2n) is 1.84. The maximum absolute atomic E-state index is 6.47. The number of rotatable bonds is 1. The molecule has 0 saturated carbocycles. The van der Waals surface area contributed by atoms with Crippen LogP contribution in [0.3, 0.4) is 0 Å². The van der Waals surface area contributed by atoms with Gasteiger partial charge in [0.2, 0.25) is 0 Å². The minimum atomic E-state index is 0.386. The van der Waals surface area contributed by atoms with Gasteiger partial charge in [-0.25, -0.2) is 4.68 Å². The number of halogens is 1. The molecule has 0 saturated heterocycles. The molecular weight excluding hydrogens is 166 g/mol. The summed E-state index contributed by atoms with van der Waals surface area (Å²) < 4.78 is 1.44. The van der Waals surface area contributed by atoms with E-state index in [4.69, 9.17) is 17.1 Å². The van der Waals surface area contributed by atoms with Gasteiger partial charge in [-0.3, -0.25) is 0 Å². The zero-order chi connectivity index (χ0) is 8.27. The number of hydrogen-bond acceptors (Lipinski definition) is 3. The number of aryl methyl sites for hydroxylation is 1. The molecule has 0 atom stereocenters. The van der Waals surface area contributed by atoms with Crippen LogP contribution < -0.4 is 5.49 Å². The van der Waals surface area contributed by atoms with Crippen molar-refractivity contribution < 1.29 is 0 Å². The lowest BCUT2D eigenvalue weighted by atomic mass is 10.6. The largest absolute Gasteiger partial charge is 0.248 e. The topological polar surface area (TPSA) is 66.4 Å². The van der Waals surface area contributed by atoms with Gasteiger partial charge in [0.05, 0.1) is 0 Å². The lowest BCUT2D eigenvalue weighted by Crippen LogP contribution is -2.19. The first-order valence-corrected chi connectivity index (χ1v) is 3.22. The van der Waals surface area contributed by atoms with Gasteiger partial charge in [-0.2, -0.15) is 10.6 Å². The summed E-state index contributed by atoms with van der Waals surface area (Å²) in [6.07, 6.45) is 0. The summed E-state index contributed by atoms with van der Waals surface area (Å²) in [5.41, 5.74) is 6.96. The van der Waals surface area contributed by atoms with Crippen molar-refractivity contribution in [3.8, 4) is 0 Å². The number of nitrogens with one attached hydrogen (secondary N) is 1. The molecule has 0 amide bonds. The summed E-state index contributed by atoms with van der Waals surface area (Å²) in [6, 6.07) is 3.22. The second-order valence-corrected chi connectivity index (χ2v) is 2.23. The minimum Gasteiger partial charge on any atom is -0.248 e. The molecule has 58 valence electrons. The fraction of sp³-hybridized carbons (Fsp3) is 0.200. The zero-order valence-corrected chi connectivity index (χ0v) is 6.58. The van der Waals surface area contributed by atoms with E-state index in [-0.39, 0.29) is 0 Å². The van der Waals surface area contributed by atoms with Crippen LogP contribution in [0, 0.1) is 5.53 Å². The maximum Gasteiger partial charge on any atom is 0.173 e. The summed E-state index contributed by atoms with van der Waals surface area (Å²) in [7, 11) is 1.68. The minimum absolute atomic E-state index is 0.386. The van der Waals surface area contributed by atoms with E-state index in [2.05, 4.69) is 15.4 Å². The van der Waals surface area contributed by atoms with E-state index in [1.165, 1.54) is 4.68 Å². The molecule has 0 aromatic carbocycles. The summed E-state index contributed by atoms with van der Waals surface area (Å²) in [6.45, 7) is 0. The quantitative estimate of drug-likeness (QED) is 0.496. The second kappa shape index (κ2) is 3.25. The monoisotopic (exact) mass is 171 g/mol. The molecule has 11 heavy (non-hydrogen) atoms. The van der Waals surface area contributed by atoms with Crippen molar-refractivity contribution in [1.82, 2.24) is 9.78 Å². The average molecular weight is 172 g/mol. The molecule has 1 rings (SSSR count). The Kier molecular flexibility index (Phi) is 2.32. The van der Waals surface area contributed by atoms with Crippen LogP contribution in [-0.4, -0.2) is 9.78 Å². The van der Waals surface area contributed by atoms with Crippen LogP contribution in [0.2, 0.25) is 5.15 Å². The van der Waals surface area contributed by atoms with Gasteiger partial charge < -0.3 is 0 Å². The van der Waals surface area contributed by atoms with Gasteiger partial charge in [-0.05, 0) is 12.1 Å². The van der Waals surface area contributed by atoms with E-state index in [0.717, 1.165) is 0 Å². The highest BCUT2D eigenvalue weighted by Crippen LogP contribution is 1.96. The van der Waals surface area contributed by atoms with Crippen LogP contribution >= 0.6 is 11.6 Å². The summed E-state index contributed by atoms with van der Waals surface area (Å²) >= 11 is 5.57. The van der Waals surface area contributed by atoms with Crippen LogP contribution in [0.15, 0.2) is 22.5 Å². The van der Waals surface area contributed by atoms with E-state index < -0.39 is 0 Å². The lowest BCUT2D eigenvalue weighted by molar-refractivity contribution is 0.677. The molecule has 1 aromatic rings. The van der Waals surface area contributed by atoms with Crippen molar-refractivity contribution in [2.75, 3.05) is 0 Å². The zero-order valence-electron chi connectivity index (χ0n) is 5.82. The summed E-state index contributed by atoms with van der Waals surface area (Å²) in [5, 5.41) is 10.6. The van der Waals surface area contributed by atoms with E-state index in [0.29, 0.717) is 10.6 Å². The predicted molar refractivity (Wildman–Crippen MR) is 38.9 cm³/mol. The van der Waals surface area contributed by atoms with Crippen LogP contribution in [0.25, 0.3) is 0 Å². The van der Waals surface area contributed by atoms with E-state index in [1.54, 1.807) is 19.2 Å². The first kappa shape index (κ1) is 7.87. The molecule has 5 nitrogen and oxygen atoms in total. The van der Waals surface area contributed by atoms with Crippen molar-refractivity contribution in [2.24, 2.45) is 17.4 Å². The number of hydrogen-bond donors (Lipinski definition) is 1. The van der Waals surface area contributed by atoms with E-state index in [1.807, 2.05) is 0 Å². The standard InChI is InChI=1S/C5H6ClN5/c1-11-5(8-10-7)3-2-4(6)9-11/h2-3,7H,1H3/b8-5-,10-7?. The Morgan fingerprint density at radius 1 is 1.64 bits per heavy atom. The highest BCUT2D eigenvalue weighted by molar-refractivity contribution is 6.29. The highest BCUT2D eigenvalue weighted by Gasteiger charge is 1.89. The SMILES string of the molecule is Cn1nc(Cl)cc/c1=N/N=N. The third-order valence-corrected chi connectivity index (χ3v) is 1.30. The van der Waals surface area contributed by atoms with Gasteiger partial charge in [-0.15, -0.1) is 5.10 Å². The Labute approximate surface area is 67.8 Å². The lowest BCUT2D eigenvalue weighted by Gasteiger charge is -1.95. The molecule has 0 aliphatic carbocycles. The van der Waals surface area contributed by atoms with E-state index in [9.17, 15) is 0 Å².